The van der Waals surface area contributed by atoms with Crippen LogP contribution in [0.25, 0.3) is 0 Å². The second-order valence-electron chi connectivity index (χ2n) is 4.52. The van der Waals surface area contributed by atoms with Crippen LogP contribution >= 0.6 is 0 Å². The van der Waals surface area contributed by atoms with Gasteiger partial charge in [0.15, 0.2) is 9.84 Å². The molecule has 0 bridgehead atoms. The maximum atomic E-state index is 11.6. The molecular formula is C10H17NO4S. The highest BCUT2D eigenvalue weighted by Crippen LogP contribution is 2.18. The minimum Gasteiger partial charge on any atom is -0.368 e. The third kappa shape index (κ3) is 2.95. The van der Waals surface area contributed by atoms with Crippen LogP contribution in [0.2, 0.25) is 0 Å². The van der Waals surface area contributed by atoms with Crippen molar-refractivity contribution in [2.24, 2.45) is 5.92 Å². The Morgan fingerprint density at radius 1 is 1.38 bits per heavy atom. The maximum absolute atomic E-state index is 11.6. The van der Waals surface area contributed by atoms with Crippen LogP contribution in [0.1, 0.15) is 19.3 Å². The van der Waals surface area contributed by atoms with Crippen LogP contribution in [-0.4, -0.2) is 45.1 Å². The molecule has 1 N–H and O–H groups in total. The number of nitrogens with one attached hydrogen (secondary N) is 1. The van der Waals surface area contributed by atoms with Crippen molar-refractivity contribution in [1.82, 2.24) is 5.32 Å². The Labute approximate surface area is 95.5 Å². The molecule has 2 atom stereocenters. The summed E-state index contributed by atoms with van der Waals surface area (Å²) in [6, 6.07) is 0. The summed E-state index contributed by atoms with van der Waals surface area (Å²) in [5.41, 5.74) is 0. The molecule has 2 aliphatic heterocycles. The molecule has 0 aromatic rings. The fourth-order valence-electron chi connectivity index (χ4n) is 2.18. The number of hydrogen-bond donors (Lipinski definition) is 1. The van der Waals surface area contributed by atoms with Gasteiger partial charge in [-0.2, -0.15) is 0 Å². The van der Waals surface area contributed by atoms with Crippen molar-refractivity contribution in [2.75, 3.05) is 24.7 Å². The fraction of sp³-hybridized carbons (Fsp3) is 0.900. The van der Waals surface area contributed by atoms with Crippen LogP contribution in [-0.2, 0) is 19.4 Å². The van der Waals surface area contributed by atoms with Gasteiger partial charge in [-0.3, -0.25) is 4.79 Å². The van der Waals surface area contributed by atoms with Gasteiger partial charge in [0, 0.05) is 13.2 Å². The molecule has 6 heteroatoms. The predicted molar refractivity (Wildman–Crippen MR) is 58.7 cm³/mol. The standard InChI is InChI=1S/C10H17NO4S/c12-10(9-2-1-4-15-9)11-6-8-3-5-16(13,14)7-8/h8-9H,1-7H2,(H,11,12)/t8-,9-/m1/s1. The van der Waals surface area contributed by atoms with Gasteiger partial charge < -0.3 is 10.1 Å². The van der Waals surface area contributed by atoms with Gasteiger partial charge in [-0.15, -0.1) is 0 Å². The molecule has 0 aliphatic carbocycles. The van der Waals surface area contributed by atoms with E-state index < -0.39 is 9.84 Å². The molecule has 2 heterocycles. The summed E-state index contributed by atoms with van der Waals surface area (Å²) in [5, 5.41) is 2.78. The highest BCUT2D eigenvalue weighted by molar-refractivity contribution is 7.91. The fourth-order valence-corrected chi connectivity index (χ4v) is 4.04. The number of amides is 1. The summed E-state index contributed by atoms with van der Waals surface area (Å²) in [7, 11) is -2.84. The number of rotatable bonds is 3. The zero-order chi connectivity index (χ0) is 11.6. The molecule has 1 amide bonds. The monoisotopic (exact) mass is 247 g/mol. The first-order valence-electron chi connectivity index (χ1n) is 5.66. The van der Waals surface area contributed by atoms with Gasteiger partial charge >= 0.3 is 0 Å². The SMILES string of the molecule is O=C(NC[C@H]1CCS(=O)(=O)C1)[C@H]1CCCO1. The Balaban J connectivity index is 1.73. The van der Waals surface area contributed by atoms with E-state index in [0.29, 0.717) is 19.6 Å². The van der Waals surface area contributed by atoms with E-state index in [0.717, 1.165) is 12.8 Å². The van der Waals surface area contributed by atoms with E-state index in [9.17, 15) is 13.2 Å². The van der Waals surface area contributed by atoms with Crippen molar-refractivity contribution in [1.29, 1.82) is 0 Å². The van der Waals surface area contributed by atoms with Gasteiger partial charge in [0.1, 0.15) is 6.10 Å². The molecule has 0 spiro atoms. The van der Waals surface area contributed by atoms with Gasteiger partial charge in [-0.05, 0) is 25.2 Å². The van der Waals surface area contributed by atoms with Crippen molar-refractivity contribution < 1.29 is 17.9 Å². The molecule has 2 aliphatic rings. The highest BCUT2D eigenvalue weighted by Gasteiger charge is 2.29. The Bertz CT molecular complexity index is 359. The lowest BCUT2D eigenvalue weighted by atomic mass is 10.1. The Hall–Kier alpha value is -0.620. The average Bonchev–Trinajstić information content (AvgIpc) is 2.83. The second kappa shape index (κ2) is 4.71. The molecule has 0 radical (unpaired) electrons. The summed E-state index contributed by atoms with van der Waals surface area (Å²) in [6.07, 6.45) is 2.04. The van der Waals surface area contributed by atoms with E-state index in [1.165, 1.54) is 0 Å². The van der Waals surface area contributed by atoms with Gasteiger partial charge in [0.05, 0.1) is 11.5 Å². The average molecular weight is 247 g/mol. The number of hydrogen-bond acceptors (Lipinski definition) is 4. The van der Waals surface area contributed by atoms with E-state index in [-0.39, 0.29) is 29.4 Å². The molecule has 0 saturated carbocycles. The second-order valence-corrected chi connectivity index (χ2v) is 6.74. The minimum atomic E-state index is -2.84. The third-order valence-electron chi connectivity index (χ3n) is 3.11. The summed E-state index contributed by atoms with van der Waals surface area (Å²) in [6.45, 7) is 1.10. The summed E-state index contributed by atoms with van der Waals surface area (Å²) in [4.78, 5) is 11.6. The van der Waals surface area contributed by atoms with Gasteiger partial charge in [0.2, 0.25) is 5.91 Å². The van der Waals surface area contributed by atoms with E-state index in [1.54, 1.807) is 0 Å². The molecule has 2 saturated heterocycles. The largest absolute Gasteiger partial charge is 0.368 e. The van der Waals surface area contributed by atoms with Gasteiger partial charge in [0.25, 0.3) is 0 Å². The van der Waals surface area contributed by atoms with E-state index in [2.05, 4.69) is 5.32 Å². The number of carbonyl (C=O) groups excluding carboxylic acids is 1. The first-order chi connectivity index (χ1) is 7.57. The first-order valence-corrected chi connectivity index (χ1v) is 7.49. The van der Waals surface area contributed by atoms with Crippen molar-refractivity contribution in [2.45, 2.75) is 25.4 Å². The summed E-state index contributed by atoms with van der Waals surface area (Å²) < 4.78 is 27.6. The third-order valence-corrected chi connectivity index (χ3v) is 4.95. The zero-order valence-corrected chi connectivity index (χ0v) is 9.96. The molecule has 0 aromatic carbocycles. The van der Waals surface area contributed by atoms with Crippen molar-refractivity contribution in [3.05, 3.63) is 0 Å². The summed E-state index contributed by atoms with van der Waals surface area (Å²) >= 11 is 0. The van der Waals surface area contributed by atoms with Crippen LogP contribution in [0.4, 0.5) is 0 Å². The smallest absolute Gasteiger partial charge is 0.249 e. The Kier molecular flexibility index (Phi) is 3.49. The lowest BCUT2D eigenvalue weighted by Crippen LogP contribution is -2.37. The van der Waals surface area contributed by atoms with Gasteiger partial charge in [-0.25, -0.2) is 8.42 Å². The van der Waals surface area contributed by atoms with E-state index in [4.69, 9.17) is 4.74 Å². The van der Waals surface area contributed by atoms with Crippen molar-refractivity contribution in [3.63, 3.8) is 0 Å². The molecule has 2 fully saturated rings. The van der Waals surface area contributed by atoms with Crippen LogP contribution in [0.5, 0.6) is 0 Å². The number of ether oxygens (including phenoxy) is 1. The molecule has 0 aromatic heterocycles. The topological polar surface area (TPSA) is 72.5 Å². The molecule has 0 unspecified atom stereocenters. The van der Waals surface area contributed by atoms with Crippen LogP contribution in [0, 0.1) is 5.92 Å². The maximum Gasteiger partial charge on any atom is 0.249 e. The van der Waals surface area contributed by atoms with E-state index >= 15 is 0 Å². The quantitative estimate of drug-likeness (QED) is 0.744. The summed E-state index contributed by atoms with van der Waals surface area (Å²) in [5.74, 6) is 0.448. The number of sulfone groups is 1. The molecule has 5 nitrogen and oxygen atoms in total. The predicted octanol–water partition coefficient (Wildman–Crippen LogP) is -0.284. The first kappa shape index (κ1) is 11.9. The lowest BCUT2D eigenvalue weighted by Gasteiger charge is -2.12. The highest BCUT2D eigenvalue weighted by atomic mass is 32.2. The van der Waals surface area contributed by atoms with E-state index in [1.807, 2.05) is 0 Å². The lowest BCUT2D eigenvalue weighted by molar-refractivity contribution is -0.130. The molecular weight excluding hydrogens is 230 g/mol. The number of carbonyl (C=O) groups is 1. The Morgan fingerprint density at radius 3 is 2.75 bits per heavy atom. The molecule has 92 valence electrons. The van der Waals surface area contributed by atoms with Crippen LogP contribution in [0.15, 0.2) is 0 Å². The van der Waals surface area contributed by atoms with Crippen molar-refractivity contribution in [3.8, 4) is 0 Å². The Morgan fingerprint density at radius 2 is 2.19 bits per heavy atom. The molecule has 16 heavy (non-hydrogen) atoms. The van der Waals surface area contributed by atoms with Crippen LogP contribution in [0.3, 0.4) is 0 Å². The minimum absolute atomic E-state index is 0.0790. The van der Waals surface area contributed by atoms with Crippen molar-refractivity contribution >= 4 is 15.7 Å². The van der Waals surface area contributed by atoms with Gasteiger partial charge in [-0.1, -0.05) is 0 Å². The normalized spacial score (nSPS) is 32.8. The zero-order valence-electron chi connectivity index (χ0n) is 9.15. The van der Waals surface area contributed by atoms with Crippen LogP contribution < -0.4 is 5.32 Å². The molecule has 2 rings (SSSR count).